The van der Waals surface area contributed by atoms with Crippen LogP contribution in [0, 0.1) is 0 Å². The lowest BCUT2D eigenvalue weighted by atomic mass is 10.3. The summed E-state index contributed by atoms with van der Waals surface area (Å²) in [4.78, 5) is 19.9. The van der Waals surface area contributed by atoms with Crippen molar-refractivity contribution in [1.82, 2.24) is 10.5 Å². The van der Waals surface area contributed by atoms with Gasteiger partial charge >= 0.3 is 0 Å². The lowest BCUT2D eigenvalue weighted by Crippen LogP contribution is -2.23. The highest BCUT2D eigenvalue weighted by molar-refractivity contribution is 9.10. The molecule has 0 aliphatic heterocycles. The van der Waals surface area contributed by atoms with Crippen LogP contribution in [0.1, 0.15) is 17.3 Å². The van der Waals surface area contributed by atoms with Crippen molar-refractivity contribution < 1.29 is 9.63 Å². The van der Waals surface area contributed by atoms with Crippen LogP contribution in [0.25, 0.3) is 0 Å². The van der Waals surface area contributed by atoms with E-state index in [0.29, 0.717) is 16.8 Å². The first-order chi connectivity index (χ1) is 6.24. The van der Waals surface area contributed by atoms with Crippen molar-refractivity contribution in [3.8, 4) is 0 Å². The fourth-order valence-electron chi connectivity index (χ4n) is 0.707. The summed E-state index contributed by atoms with van der Waals surface area (Å²) in [7, 11) is 0. The Morgan fingerprint density at radius 2 is 2.46 bits per heavy atom. The maximum Gasteiger partial charge on any atom is 0.276 e. The van der Waals surface area contributed by atoms with Gasteiger partial charge in [-0.1, -0.05) is 0 Å². The largest absolute Gasteiger partial charge is 0.276 e. The van der Waals surface area contributed by atoms with Gasteiger partial charge in [0.15, 0.2) is 0 Å². The summed E-state index contributed by atoms with van der Waals surface area (Å²) in [5, 5.41) is 0. The van der Waals surface area contributed by atoms with Crippen LogP contribution in [0.3, 0.4) is 0 Å². The van der Waals surface area contributed by atoms with Gasteiger partial charge in [0.25, 0.3) is 5.91 Å². The first kappa shape index (κ1) is 10.1. The highest BCUT2D eigenvalue weighted by Gasteiger charge is 2.04. The van der Waals surface area contributed by atoms with E-state index in [9.17, 15) is 4.79 Å². The number of rotatable bonds is 3. The lowest BCUT2D eigenvalue weighted by molar-refractivity contribution is 0.0364. The van der Waals surface area contributed by atoms with Crippen molar-refractivity contribution in [2.45, 2.75) is 6.92 Å². The van der Waals surface area contributed by atoms with E-state index in [4.69, 9.17) is 4.84 Å². The van der Waals surface area contributed by atoms with E-state index in [1.807, 2.05) is 0 Å². The number of hydrogen-bond donors (Lipinski definition) is 1. The van der Waals surface area contributed by atoms with Gasteiger partial charge in [-0.05, 0) is 35.0 Å². The summed E-state index contributed by atoms with van der Waals surface area (Å²) in [6.07, 6.45) is 1.47. The molecule has 1 heterocycles. The molecule has 0 aromatic carbocycles. The zero-order valence-corrected chi connectivity index (χ0v) is 8.67. The molecule has 0 spiro atoms. The Morgan fingerprint density at radius 3 is 3.00 bits per heavy atom. The molecule has 0 aliphatic rings. The average Bonchev–Trinajstić information content (AvgIpc) is 2.15. The molecular formula is C8H9BrN2O2. The predicted octanol–water partition coefficient (Wildman–Crippen LogP) is 1.53. The van der Waals surface area contributed by atoms with Crippen LogP contribution in [0.4, 0.5) is 0 Å². The van der Waals surface area contributed by atoms with Crippen LogP contribution < -0.4 is 5.48 Å². The molecule has 0 saturated heterocycles. The maximum atomic E-state index is 11.2. The second-order valence-corrected chi connectivity index (χ2v) is 3.05. The molecule has 0 atom stereocenters. The summed E-state index contributed by atoms with van der Waals surface area (Å²) in [5.41, 5.74) is 2.74. The zero-order chi connectivity index (χ0) is 9.68. The zero-order valence-electron chi connectivity index (χ0n) is 7.08. The van der Waals surface area contributed by atoms with Gasteiger partial charge in [0, 0.05) is 6.20 Å². The Hall–Kier alpha value is -0.940. The van der Waals surface area contributed by atoms with Crippen LogP contribution >= 0.6 is 15.9 Å². The van der Waals surface area contributed by atoms with Gasteiger partial charge < -0.3 is 0 Å². The van der Waals surface area contributed by atoms with Gasteiger partial charge in [0.1, 0.15) is 4.60 Å². The molecule has 0 saturated carbocycles. The molecule has 1 rings (SSSR count). The Kier molecular flexibility index (Phi) is 3.85. The SMILES string of the molecule is CCONC(=O)c1ccc(Br)nc1. The number of halogens is 1. The molecule has 1 aromatic heterocycles. The Balaban J connectivity index is 2.61. The van der Waals surface area contributed by atoms with Crippen molar-refractivity contribution in [2.75, 3.05) is 6.61 Å². The van der Waals surface area contributed by atoms with Gasteiger partial charge in [0.2, 0.25) is 0 Å². The Morgan fingerprint density at radius 1 is 1.69 bits per heavy atom. The number of hydroxylamine groups is 1. The van der Waals surface area contributed by atoms with Crippen LogP contribution in [0.2, 0.25) is 0 Å². The second-order valence-electron chi connectivity index (χ2n) is 2.23. The maximum absolute atomic E-state index is 11.2. The van der Waals surface area contributed by atoms with E-state index in [0.717, 1.165) is 0 Å². The molecule has 5 heteroatoms. The molecule has 0 bridgehead atoms. The number of pyridine rings is 1. The first-order valence-electron chi connectivity index (χ1n) is 3.77. The molecule has 1 amide bonds. The molecular weight excluding hydrogens is 236 g/mol. The monoisotopic (exact) mass is 244 g/mol. The van der Waals surface area contributed by atoms with E-state index in [1.54, 1.807) is 19.1 Å². The highest BCUT2D eigenvalue weighted by Crippen LogP contribution is 2.05. The minimum absolute atomic E-state index is 0.290. The van der Waals surface area contributed by atoms with Crippen LogP contribution in [0.15, 0.2) is 22.9 Å². The predicted molar refractivity (Wildman–Crippen MR) is 51.0 cm³/mol. The third-order valence-electron chi connectivity index (χ3n) is 1.30. The summed E-state index contributed by atoms with van der Waals surface area (Å²) in [6.45, 7) is 2.23. The number of nitrogens with zero attached hydrogens (tertiary/aromatic N) is 1. The second kappa shape index (κ2) is 4.94. The van der Waals surface area contributed by atoms with Gasteiger partial charge in [-0.15, -0.1) is 0 Å². The minimum atomic E-state index is -0.290. The fourth-order valence-corrected chi connectivity index (χ4v) is 0.941. The number of hydrogen-bond acceptors (Lipinski definition) is 3. The van der Waals surface area contributed by atoms with Gasteiger partial charge in [0.05, 0.1) is 12.2 Å². The number of carbonyl (C=O) groups excluding carboxylic acids is 1. The number of aromatic nitrogens is 1. The van der Waals surface area contributed by atoms with E-state index < -0.39 is 0 Å². The minimum Gasteiger partial charge on any atom is -0.274 e. The number of carbonyl (C=O) groups is 1. The van der Waals surface area contributed by atoms with E-state index in [2.05, 4.69) is 26.4 Å². The van der Waals surface area contributed by atoms with E-state index >= 15 is 0 Å². The average molecular weight is 245 g/mol. The Bertz CT molecular complexity index is 287. The van der Waals surface area contributed by atoms with Crippen molar-refractivity contribution >= 4 is 21.8 Å². The molecule has 0 unspecified atom stereocenters. The van der Waals surface area contributed by atoms with Crippen molar-refractivity contribution in [2.24, 2.45) is 0 Å². The van der Waals surface area contributed by atoms with E-state index in [1.165, 1.54) is 6.20 Å². The summed E-state index contributed by atoms with van der Waals surface area (Å²) < 4.78 is 0.695. The van der Waals surface area contributed by atoms with Crippen molar-refractivity contribution in [3.05, 3.63) is 28.5 Å². The molecule has 1 aromatic rings. The summed E-state index contributed by atoms with van der Waals surface area (Å²) in [5.74, 6) is -0.290. The molecule has 0 radical (unpaired) electrons. The molecule has 4 nitrogen and oxygen atoms in total. The molecule has 13 heavy (non-hydrogen) atoms. The van der Waals surface area contributed by atoms with Gasteiger partial charge in [-0.2, -0.15) is 0 Å². The quantitative estimate of drug-likeness (QED) is 0.648. The molecule has 0 fully saturated rings. The topological polar surface area (TPSA) is 51.2 Å². The molecule has 70 valence electrons. The van der Waals surface area contributed by atoms with Gasteiger partial charge in [-0.25, -0.2) is 10.5 Å². The fraction of sp³-hybridized carbons (Fsp3) is 0.250. The van der Waals surface area contributed by atoms with Crippen LogP contribution in [0.5, 0.6) is 0 Å². The lowest BCUT2D eigenvalue weighted by Gasteiger charge is -2.02. The molecule has 0 aliphatic carbocycles. The smallest absolute Gasteiger partial charge is 0.274 e. The Labute approximate surface area is 84.4 Å². The molecule has 1 N–H and O–H groups in total. The summed E-state index contributed by atoms with van der Waals surface area (Å²) >= 11 is 3.17. The summed E-state index contributed by atoms with van der Waals surface area (Å²) in [6, 6.07) is 3.35. The van der Waals surface area contributed by atoms with Gasteiger partial charge in [-0.3, -0.25) is 9.63 Å². The first-order valence-corrected chi connectivity index (χ1v) is 4.57. The van der Waals surface area contributed by atoms with Crippen LogP contribution in [-0.2, 0) is 4.84 Å². The normalized spacial score (nSPS) is 9.69. The number of amides is 1. The van der Waals surface area contributed by atoms with Crippen molar-refractivity contribution in [1.29, 1.82) is 0 Å². The van der Waals surface area contributed by atoms with E-state index in [-0.39, 0.29) is 5.91 Å². The van der Waals surface area contributed by atoms with Crippen LogP contribution in [-0.4, -0.2) is 17.5 Å². The number of nitrogens with one attached hydrogen (secondary N) is 1. The third kappa shape index (κ3) is 3.12. The third-order valence-corrected chi connectivity index (χ3v) is 1.77. The standard InChI is InChI=1S/C8H9BrN2O2/c1-2-13-11-8(12)6-3-4-7(9)10-5-6/h3-5H,2H2,1H3,(H,11,12). The highest BCUT2D eigenvalue weighted by atomic mass is 79.9. The van der Waals surface area contributed by atoms with Crippen molar-refractivity contribution in [3.63, 3.8) is 0 Å².